The number of carbonyl (C=O) groups excluding carboxylic acids is 2. The summed E-state index contributed by atoms with van der Waals surface area (Å²) in [5.41, 5.74) is 2.09. The average Bonchev–Trinajstić information content (AvgIpc) is 2.83. The van der Waals surface area contributed by atoms with Crippen LogP contribution < -0.4 is 10.6 Å². The van der Waals surface area contributed by atoms with E-state index < -0.39 is 0 Å². The van der Waals surface area contributed by atoms with Gasteiger partial charge in [-0.25, -0.2) is 4.98 Å². The Kier molecular flexibility index (Phi) is 4.32. The van der Waals surface area contributed by atoms with E-state index in [-0.39, 0.29) is 11.8 Å². The fraction of sp³-hybridized carbons (Fsp3) is 0.286. The molecule has 21 heavy (non-hydrogen) atoms. The van der Waals surface area contributed by atoms with Crippen LogP contribution in [0.1, 0.15) is 21.7 Å². The van der Waals surface area contributed by atoms with Gasteiger partial charge in [-0.15, -0.1) is 0 Å². The van der Waals surface area contributed by atoms with Gasteiger partial charge in [-0.3, -0.25) is 9.59 Å². The first kappa shape index (κ1) is 14.7. The molecule has 0 unspecified atom stereocenters. The molecule has 0 saturated heterocycles. The third kappa shape index (κ3) is 3.25. The molecule has 2 aromatic rings. The SMILES string of the molecule is C=CC(=O)NCCNC(=O)c1cc(C)nc2onc(C)c12. The van der Waals surface area contributed by atoms with Gasteiger partial charge in [-0.2, -0.15) is 0 Å². The van der Waals surface area contributed by atoms with Crippen molar-refractivity contribution in [1.29, 1.82) is 0 Å². The highest BCUT2D eigenvalue weighted by molar-refractivity contribution is 6.06. The second kappa shape index (κ2) is 6.17. The third-order valence-electron chi connectivity index (χ3n) is 2.88. The Labute approximate surface area is 121 Å². The molecule has 2 N–H and O–H groups in total. The van der Waals surface area contributed by atoms with Crippen LogP contribution in [0.25, 0.3) is 11.1 Å². The van der Waals surface area contributed by atoms with Gasteiger partial charge in [-0.1, -0.05) is 11.7 Å². The Morgan fingerprint density at radius 2 is 2.05 bits per heavy atom. The monoisotopic (exact) mass is 288 g/mol. The van der Waals surface area contributed by atoms with Crippen molar-refractivity contribution in [2.75, 3.05) is 13.1 Å². The molecule has 0 aliphatic rings. The highest BCUT2D eigenvalue weighted by Gasteiger charge is 2.17. The number of rotatable bonds is 5. The number of carbonyl (C=O) groups is 2. The Morgan fingerprint density at radius 1 is 1.33 bits per heavy atom. The summed E-state index contributed by atoms with van der Waals surface area (Å²) in [5.74, 6) is -0.536. The lowest BCUT2D eigenvalue weighted by Gasteiger charge is -2.07. The smallest absolute Gasteiger partial charge is 0.258 e. The van der Waals surface area contributed by atoms with Crippen LogP contribution >= 0.6 is 0 Å². The lowest BCUT2D eigenvalue weighted by atomic mass is 10.1. The van der Waals surface area contributed by atoms with E-state index in [2.05, 4.69) is 27.4 Å². The van der Waals surface area contributed by atoms with Gasteiger partial charge in [0.05, 0.1) is 16.6 Å². The maximum Gasteiger partial charge on any atom is 0.258 e. The van der Waals surface area contributed by atoms with Crippen LogP contribution in [0.5, 0.6) is 0 Å². The number of hydrogen-bond acceptors (Lipinski definition) is 5. The lowest BCUT2D eigenvalue weighted by molar-refractivity contribution is -0.116. The van der Waals surface area contributed by atoms with Gasteiger partial charge in [0.2, 0.25) is 5.91 Å². The Balaban J connectivity index is 2.10. The van der Waals surface area contributed by atoms with Crippen molar-refractivity contribution in [2.45, 2.75) is 13.8 Å². The van der Waals surface area contributed by atoms with Gasteiger partial charge in [0.25, 0.3) is 11.6 Å². The zero-order chi connectivity index (χ0) is 15.4. The van der Waals surface area contributed by atoms with Crippen LogP contribution in [0.2, 0.25) is 0 Å². The summed E-state index contributed by atoms with van der Waals surface area (Å²) in [7, 11) is 0. The van der Waals surface area contributed by atoms with Gasteiger partial charge < -0.3 is 15.2 Å². The normalized spacial score (nSPS) is 10.4. The second-order valence-corrected chi connectivity index (χ2v) is 4.51. The topological polar surface area (TPSA) is 97.1 Å². The predicted molar refractivity (Wildman–Crippen MR) is 76.8 cm³/mol. The van der Waals surface area contributed by atoms with E-state index in [1.54, 1.807) is 19.9 Å². The second-order valence-electron chi connectivity index (χ2n) is 4.51. The average molecular weight is 288 g/mol. The standard InChI is InChI=1S/C14H16N4O3/c1-4-11(19)15-5-6-16-13(20)10-7-8(2)17-14-12(10)9(3)18-21-14/h4,7H,1,5-6H2,2-3H3,(H,15,19)(H,16,20). The van der Waals surface area contributed by atoms with Crippen molar-refractivity contribution in [3.05, 3.63) is 35.7 Å². The quantitative estimate of drug-likeness (QED) is 0.628. The number of fused-ring (bicyclic) bond motifs is 1. The number of hydrogen-bond donors (Lipinski definition) is 2. The molecule has 2 aromatic heterocycles. The summed E-state index contributed by atoms with van der Waals surface area (Å²) in [4.78, 5) is 27.4. The highest BCUT2D eigenvalue weighted by atomic mass is 16.5. The maximum atomic E-state index is 12.2. The Morgan fingerprint density at radius 3 is 2.76 bits per heavy atom. The summed E-state index contributed by atoms with van der Waals surface area (Å²) in [6.45, 7) is 7.51. The van der Waals surface area contributed by atoms with Crippen LogP contribution in [-0.2, 0) is 4.79 Å². The van der Waals surface area contributed by atoms with Crippen LogP contribution in [0.4, 0.5) is 0 Å². The molecule has 0 bridgehead atoms. The molecule has 2 rings (SSSR count). The van der Waals surface area contributed by atoms with E-state index in [1.165, 1.54) is 6.08 Å². The molecular weight excluding hydrogens is 272 g/mol. The molecule has 7 nitrogen and oxygen atoms in total. The number of nitrogens with zero attached hydrogens (tertiary/aromatic N) is 2. The number of nitrogens with one attached hydrogen (secondary N) is 2. The van der Waals surface area contributed by atoms with Crippen LogP contribution in [0, 0.1) is 13.8 Å². The molecule has 0 aromatic carbocycles. The third-order valence-corrected chi connectivity index (χ3v) is 2.88. The van der Waals surface area contributed by atoms with Crippen molar-refractivity contribution in [3.63, 3.8) is 0 Å². The fourth-order valence-electron chi connectivity index (χ4n) is 1.93. The largest absolute Gasteiger partial charge is 0.351 e. The van der Waals surface area contributed by atoms with Gasteiger partial charge in [0, 0.05) is 18.8 Å². The molecule has 2 amide bonds. The van der Waals surface area contributed by atoms with Crippen molar-refractivity contribution in [1.82, 2.24) is 20.8 Å². The van der Waals surface area contributed by atoms with E-state index in [9.17, 15) is 9.59 Å². The lowest BCUT2D eigenvalue weighted by Crippen LogP contribution is -2.34. The van der Waals surface area contributed by atoms with Crippen LogP contribution in [0.15, 0.2) is 23.2 Å². The van der Waals surface area contributed by atoms with Crippen LogP contribution in [0.3, 0.4) is 0 Å². The maximum absolute atomic E-state index is 12.2. The summed E-state index contributed by atoms with van der Waals surface area (Å²) in [6, 6.07) is 1.68. The highest BCUT2D eigenvalue weighted by Crippen LogP contribution is 2.21. The van der Waals surface area contributed by atoms with Crippen molar-refractivity contribution < 1.29 is 14.1 Å². The van der Waals surface area contributed by atoms with Crippen LogP contribution in [-0.4, -0.2) is 35.0 Å². The number of pyridine rings is 1. The van der Waals surface area contributed by atoms with Crippen molar-refractivity contribution in [2.24, 2.45) is 0 Å². The summed E-state index contributed by atoms with van der Waals surface area (Å²) < 4.78 is 5.08. The minimum Gasteiger partial charge on any atom is -0.351 e. The first-order valence-electron chi connectivity index (χ1n) is 6.45. The molecular formula is C14H16N4O3. The number of aromatic nitrogens is 2. The van der Waals surface area contributed by atoms with E-state index in [4.69, 9.17) is 4.52 Å². The van der Waals surface area contributed by atoms with Crippen molar-refractivity contribution >= 4 is 22.9 Å². The molecule has 110 valence electrons. The molecule has 7 heteroatoms. The molecule has 0 aliphatic carbocycles. The van der Waals surface area contributed by atoms with Gasteiger partial charge in [0.1, 0.15) is 0 Å². The number of aryl methyl sites for hydroxylation is 2. The molecule has 0 atom stereocenters. The molecule has 0 aliphatic heterocycles. The minimum atomic E-state index is -0.277. The van der Waals surface area contributed by atoms with E-state index in [1.807, 2.05) is 0 Å². The molecule has 2 heterocycles. The molecule has 0 radical (unpaired) electrons. The first-order chi connectivity index (χ1) is 10.0. The fourth-order valence-corrected chi connectivity index (χ4v) is 1.93. The summed E-state index contributed by atoms with van der Waals surface area (Å²) >= 11 is 0. The zero-order valence-corrected chi connectivity index (χ0v) is 11.9. The van der Waals surface area contributed by atoms with E-state index >= 15 is 0 Å². The van der Waals surface area contributed by atoms with Gasteiger partial charge in [-0.05, 0) is 26.0 Å². The molecule has 0 saturated carbocycles. The first-order valence-corrected chi connectivity index (χ1v) is 6.45. The van der Waals surface area contributed by atoms with E-state index in [0.717, 1.165) is 0 Å². The molecule has 0 fully saturated rings. The number of amides is 2. The Hall–Kier alpha value is -2.70. The van der Waals surface area contributed by atoms with Crippen molar-refractivity contribution in [3.8, 4) is 0 Å². The summed E-state index contributed by atoms with van der Waals surface area (Å²) in [5, 5.41) is 9.74. The summed E-state index contributed by atoms with van der Waals surface area (Å²) in [6.07, 6.45) is 1.18. The van der Waals surface area contributed by atoms with Gasteiger partial charge >= 0.3 is 0 Å². The van der Waals surface area contributed by atoms with E-state index in [0.29, 0.717) is 41.1 Å². The zero-order valence-electron chi connectivity index (χ0n) is 11.9. The van der Waals surface area contributed by atoms with Gasteiger partial charge in [0.15, 0.2) is 0 Å². The predicted octanol–water partition coefficient (Wildman–Crippen LogP) is 0.872. The Bertz CT molecular complexity index is 706. The molecule has 0 spiro atoms. The minimum absolute atomic E-state index is 0.260.